The number of hydrogen-bond donors (Lipinski definition) is 2. The van der Waals surface area contributed by atoms with Crippen molar-refractivity contribution >= 4 is 29.3 Å². The molecular weight excluding hydrogens is 432 g/mol. The Balaban J connectivity index is 1.72. The fraction of sp³-hybridized carbons (Fsp3) is 0.389. The molecule has 2 heterocycles. The summed E-state index contributed by atoms with van der Waals surface area (Å²) in [5.41, 5.74) is -1.69. The summed E-state index contributed by atoms with van der Waals surface area (Å²) in [7, 11) is 0. The molecule has 1 aromatic carbocycles. The van der Waals surface area contributed by atoms with Gasteiger partial charge in [0.15, 0.2) is 17.3 Å². The summed E-state index contributed by atoms with van der Waals surface area (Å²) in [6.07, 6.45) is -3.84. The first-order valence-electron chi connectivity index (χ1n) is 8.92. The Labute approximate surface area is 173 Å². The number of aromatic nitrogens is 2. The summed E-state index contributed by atoms with van der Waals surface area (Å²) in [5, 5.41) is 4.53. The molecule has 0 atom stereocenters. The fourth-order valence-corrected chi connectivity index (χ4v) is 2.92. The average molecular weight is 449 g/mol. The van der Waals surface area contributed by atoms with Gasteiger partial charge >= 0.3 is 12.3 Å². The highest BCUT2D eigenvalue weighted by Crippen LogP contribution is 2.35. The zero-order valence-electron chi connectivity index (χ0n) is 15.4. The summed E-state index contributed by atoms with van der Waals surface area (Å²) in [6.45, 7) is 1.38. The molecule has 1 saturated heterocycles. The SMILES string of the molecule is O=C(NCC1CCOCC1)Oc1cnc(Nc2cccc(Cl)c2F)nc1C(F)(F)F. The number of nitrogens with zero attached hydrogens (tertiary/aromatic N) is 2. The number of halogens is 5. The maximum absolute atomic E-state index is 14.0. The number of rotatable bonds is 5. The molecule has 0 unspecified atom stereocenters. The van der Waals surface area contributed by atoms with Crippen LogP contribution < -0.4 is 15.4 Å². The Kier molecular flexibility index (Phi) is 6.93. The van der Waals surface area contributed by atoms with Gasteiger partial charge in [-0.05, 0) is 30.9 Å². The van der Waals surface area contributed by atoms with Crippen LogP contribution in [0, 0.1) is 11.7 Å². The van der Waals surface area contributed by atoms with Gasteiger partial charge < -0.3 is 20.1 Å². The van der Waals surface area contributed by atoms with Crippen LogP contribution in [-0.4, -0.2) is 35.8 Å². The molecule has 12 heteroatoms. The molecule has 2 N–H and O–H groups in total. The lowest BCUT2D eigenvalue weighted by molar-refractivity contribution is -0.142. The molecule has 0 saturated carbocycles. The molecule has 0 spiro atoms. The third-order valence-corrected chi connectivity index (χ3v) is 4.59. The van der Waals surface area contributed by atoms with Crippen LogP contribution in [0.2, 0.25) is 5.02 Å². The molecular formula is C18H17ClF4N4O3. The first-order valence-corrected chi connectivity index (χ1v) is 9.30. The number of carbonyl (C=O) groups excluding carboxylic acids is 1. The zero-order valence-corrected chi connectivity index (χ0v) is 16.2. The van der Waals surface area contributed by atoms with E-state index in [2.05, 4.69) is 20.6 Å². The summed E-state index contributed by atoms with van der Waals surface area (Å²) in [6, 6.07) is 3.94. The van der Waals surface area contributed by atoms with Crippen molar-refractivity contribution in [3.05, 3.63) is 40.9 Å². The Morgan fingerprint density at radius 3 is 2.73 bits per heavy atom. The van der Waals surface area contributed by atoms with Crippen molar-refractivity contribution < 1.29 is 31.8 Å². The van der Waals surface area contributed by atoms with Crippen molar-refractivity contribution in [1.82, 2.24) is 15.3 Å². The molecule has 30 heavy (non-hydrogen) atoms. The van der Waals surface area contributed by atoms with Crippen molar-refractivity contribution in [3.63, 3.8) is 0 Å². The number of ether oxygens (including phenoxy) is 2. The predicted molar refractivity (Wildman–Crippen MR) is 99.3 cm³/mol. The predicted octanol–water partition coefficient (Wildman–Crippen LogP) is 4.55. The van der Waals surface area contributed by atoms with E-state index in [0.29, 0.717) is 19.4 Å². The van der Waals surface area contributed by atoms with Gasteiger partial charge in [0.1, 0.15) is 0 Å². The lowest BCUT2D eigenvalue weighted by Crippen LogP contribution is -2.34. The number of carbonyl (C=O) groups is 1. The Hall–Kier alpha value is -2.66. The highest BCUT2D eigenvalue weighted by molar-refractivity contribution is 6.31. The van der Waals surface area contributed by atoms with E-state index in [0.717, 1.165) is 12.8 Å². The molecule has 1 amide bonds. The van der Waals surface area contributed by atoms with Crippen LogP contribution in [0.25, 0.3) is 0 Å². The fourth-order valence-electron chi connectivity index (χ4n) is 2.74. The number of alkyl halides is 3. The molecule has 0 bridgehead atoms. The molecule has 0 aliphatic carbocycles. The molecule has 2 aromatic rings. The van der Waals surface area contributed by atoms with Gasteiger partial charge in [-0.1, -0.05) is 17.7 Å². The van der Waals surface area contributed by atoms with Gasteiger partial charge in [0.2, 0.25) is 5.95 Å². The van der Waals surface area contributed by atoms with E-state index in [4.69, 9.17) is 21.1 Å². The standard InChI is InChI=1S/C18H17ClF4N4O3/c19-11-2-1-3-12(14(11)20)26-16-24-9-13(15(27-16)18(21,22)23)30-17(28)25-8-10-4-6-29-7-5-10/h1-3,9-10H,4-8H2,(H,25,28)(H,24,26,27). The average Bonchev–Trinajstić information content (AvgIpc) is 2.71. The topological polar surface area (TPSA) is 85.4 Å². The van der Waals surface area contributed by atoms with Gasteiger partial charge in [-0.15, -0.1) is 0 Å². The van der Waals surface area contributed by atoms with Gasteiger partial charge in [0, 0.05) is 19.8 Å². The van der Waals surface area contributed by atoms with Gasteiger partial charge in [-0.2, -0.15) is 13.2 Å². The van der Waals surface area contributed by atoms with Crippen molar-refractivity contribution in [3.8, 4) is 5.75 Å². The summed E-state index contributed by atoms with van der Waals surface area (Å²) < 4.78 is 64.1. The normalized spacial score (nSPS) is 15.0. The molecule has 1 aromatic heterocycles. The zero-order chi connectivity index (χ0) is 21.7. The quantitative estimate of drug-likeness (QED) is 0.653. The van der Waals surface area contributed by atoms with Gasteiger partial charge in [-0.3, -0.25) is 0 Å². The second-order valence-corrected chi connectivity index (χ2v) is 6.86. The largest absolute Gasteiger partial charge is 0.437 e. The van der Waals surface area contributed by atoms with E-state index in [1.165, 1.54) is 18.2 Å². The number of anilines is 2. The molecule has 1 aliphatic heterocycles. The minimum atomic E-state index is -4.94. The van der Waals surface area contributed by atoms with Crippen LogP contribution >= 0.6 is 11.6 Å². The number of nitrogens with one attached hydrogen (secondary N) is 2. The molecule has 1 aliphatic rings. The highest BCUT2D eigenvalue weighted by Gasteiger charge is 2.38. The third-order valence-electron chi connectivity index (χ3n) is 4.30. The third kappa shape index (κ3) is 5.70. The van der Waals surface area contributed by atoms with Crippen molar-refractivity contribution in [1.29, 1.82) is 0 Å². The highest BCUT2D eigenvalue weighted by atomic mass is 35.5. The molecule has 7 nitrogen and oxygen atoms in total. The Morgan fingerprint density at radius 1 is 1.30 bits per heavy atom. The van der Waals surface area contributed by atoms with Gasteiger partial charge in [-0.25, -0.2) is 19.2 Å². The lowest BCUT2D eigenvalue weighted by Gasteiger charge is -2.22. The monoisotopic (exact) mass is 448 g/mol. The van der Waals surface area contributed by atoms with E-state index < -0.39 is 35.5 Å². The summed E-state index contributed by atoms with van der Waals surface area (Å²) >= 11 is 5.65. The lowest BCUT2D eigenvalue weighted by atomic mass is 10.0. The van der Waals surface area contributed by atoms with Crippen molar-refractivity contribution in [2.75, 3.05) is 25.1 Å². The molecule has 1 fully saturated rings. The van der Waals surface area contributed by atoms with Crippen molar-refractivity contribution in [2.24, 2.45) is 5.92 Å². The number of benzene rings is 1. The van der Waals surface area contributed by atoms with Crippen LogP contribution in [0.4, 0.5) is 34.0 Å². The molecule has 3 rings (SSSR count). The maximum Gasteiger partial charge on any atom is 0.437 e. The van der Waals surface area contributed by atoms with E-state index in [1.807, 2.05) is 0 Å². The second kappa shape index (κ2) is 9.43. The first-order chi connectivity index (χ1) is 14.2. The second-order valence-electron chi connectivity index (χ2n) is 6.46. The summed E-state index contributed by atoms with van der Waals surface area (Å²) in [4.78, 5) is 18.9. The smallest absolute Gasteiger partial charge is 0.406 e. The van der Waals surface area contributed by atoms with Gasteiger partial charge in [0.05, 0.1) is 16.9 Å². The van der Waals surface area contributed by atoms with Gasteiger partial charge in [0.25, 0.3) is 0 Å². The summed E-state index contributed by atoms with van der Waals surface area (Å²) in [5.74, 6) is -2.13. The minimum Gasteiger partial charge on any atom is -0.406 e. The van der Waals surface area contributed by atoms with E-state index in [9.17, 15) is 22.4 Å². The van der Waals surface area contributed by atoms with E-state index in [-0.39, 0.29) is 23.2 Å². The van der Waals surface area contributed by atoms with E-state index in [1.54, 1.807) is 0 Å². The minimum absolute atomic E-state index is 0.156. The van der Waals surface area contributed by atoms with Crippen LogP contribution in [-0.2, 0) is 10.9 Å². The van der Waals surface area contributed by atoms with E-state index >= 15 is 0 Å². The number of amides is 1. The molecule has 0 radical (unpaired) electrons. The Morgan fingerprint density at radius 2 is 2.03 bits per heavy atom. The molecule has 162 valence electrons. The van der Waals surface area contributed by atoms with Crippen LogP contribution in [0.1, 0.15) is 18.5 Å². The van der Waals surface area contributed by atoms with Crippen LogP contribution in [0.15, 0.2) is 24.4 Å². The number of hydrogen-bond acceptors (Lipinski definition) is 6. The Bertz CT molecular complexity index is 907. The first kappa shape index (κ1) is 22.0. The van der Waals surface area contributed by atoms with Crippen molar-refractivity contribution in [2.45, 2.75) is 19.0 Å². The van der Waals surface area contributed by atoms with Crippen LogP contribution in [0.3, 0.4) is 0 Å². The van der Waals surface area contributed by atoms with Crippen LogP contribution in [0.5, 0.6) is 5.75 Å². The maximum atomic E-state index is 14.0.